The molecule has 8 nitrogen and oxygen atoms in total. The molecule has 0 radical (unpaired) electrons. The summed E-state index contributed by atoms with van der Waals surface area (Å²) in [6, 6.07) is 9.29. The van der Waals surface area contributed by atoms with E-state index >= 15 is 0 Å². The molecule has 0 unspecified atom stereocenters. The van der Waals surface area contributed by atoms with E-state index in [9.17, 15) is 9.59 Å². The third-order valence-electron chi connectivity index (χ3n) is 5.02. The van der Waals surface area contributed by atoms with E-state index in [1.807, 2.05) is 51.2 Å². The maximum absolute atomic E-state index is 12.3. The Balaban J connectivity index is 1.47. The molecule has 1 aromatic carbocycles. The van der Waals surface area contributed by atoms with Gasteiger partial charge in [-0.3, -0.25) is 4.79 Å². The number of carbonyl (C=O) groups is 2. The first kappa shape index (κ1) is 20.7. The summed E-state index contributed by atoms with van der Waals surface area (Å²) in [5.74, 6) is 1.03. The molecule has 4 rings (SSSR count). The van der Waals surface area contributed by atoms with Crippen molar-refractivity contribution < 1.29 is 19.1 Å². The monoisotopic (exact) mass is 422 g/mol. The maximum Gasteiger partial charge on any atom is 0.410 e. The lowest BCUT2D eigenvalue weighted by atomic mass is 10.1. The van der Waals surface area contributed by atoms with Crippen LogP contribution in [0.25, 0.3) is 11.0 Å². The third-order valence-corrected chi connectivity index (χ3v) is 5.02. The Bertz CT molecular complexity index is 1090. The number of hydrogen-bond donors (Lipinski definition) is 1. The van der Waals surface area contributed by atoms with Crippen molar-refractivity contribution in [1.29, 1.82) is 0 Å². The zero-order chi connectivity index (χ0) is 22.0. The zero-order valence-corrected chi connectivity index (χ0v) is 17.9. The Hall–Kier alpha value is -3.55. The van der Waals surface area contributed by atoms with Gasteiger partial charge in [0.05, 0.1) is 11.8 Å². The number of H-pyrrole nitrogens is 1. The van der Waals surface area contributed by atoms with Gasteiger partial charge in [-0.15, -0.1) is 0 Å². The van der Waals surface area contributed by atoms with Gasteiger partial charge in [-0.25, -0.2) is 9.78 Å². The second kappa shape index (κ2) is 8.29. The van der Waals surface area contributed by atoms with Crippen molar-refractivity contribution in [1.82, 2.24) is 14.9 Å². The number of nitrogens with zero attached hydrogens (tertiary/aromatic N) is 3. The molecular formula is C23H26N4O4. The van der Waals surface area contributed by atoms with E-state index in [0.717, 1.165) is 23.0 Å². The van der Waals surface area contributed by atoms with Crippen LogP contribution < -0.4 is 9.64 Å². The summed E-state index contributed by atoms with van der Waals surface area (Å²) in [5.41, 5.74) is 1.66. The van der Waals surface area contributed by atoms with Crippen molar-refractivity contribution in [2.75, 3.05) is 31.1 Å². The summed E-state index contributed by atoms with van der Waals surface area (Å²) in [5, 5.41) is 0.930. The second-order valence-corrected chi connectivity index (χ2v) is 8.48. The molecule has 1 aliphatic rings. The lowest BCUT2D eigenvalue weighted by molar-refractivity contribution is 0.0240. The molecule has 0 aliphatic carbocycles. The highest BCUT2D eigenvalue weighted by Gasteiger charge is 2.26. The molecule has 1 saturated heterocycles. The van der Waals surface area contributed by atoms with Gasteiger partial charge in [-0.1, -0.05) is 0 Å². The van der Waals surface area contributed by atoms with E-state index in [4.69, 9.17) is 9.47 Å². The van der Waals surface area contributed by atoms with Gasteiger partial charge in [0, 0.05) is 49.5 Å². The van der Waals surface area contributed by atoms with Gasteiger partial charge in [0.2, 0.25) is 0 Å². The number of aromatic nitrogens is 2. The van der Waals surface area contributed by atoms with Crippen LogP contribution in [-0.2, 0) is 4.74 Å². The third kappa shape index (κ3) is 4.79. The molecule has 3 heterocycles. The fourth-order valence-electron chi connectivity index (χ4n) is 3.48. The van der Waals surface area contributed by atoms with Crippen molar-refractivity contribution in [2.24, 2.45) is 0 Å². The first-order valence-electron chi connectivity index (χ1n) is 10.3. The number of carbonyl (C=O) groups excluding carboxylic acids is 2. The van der Waals surface area contributed by atoms with E-state index < -0.39 is 5.60 Å². The molecule has 0 spiro atoms. The fourth-order valence-corrected chi connectivity index (χ4v) is 3.48. The number of hydrogen-bond acceptors (Lipinski definition) is 6. The smallest absolute Gasteiger partial charge is 0.410 e. The molecule has 1 amide bonds. The van der Waals surface area contributed by atoms with Crippen LogP contribution in [0.1, 0.15) is 31.1 Å². The normalized spacial score (nSPS) is 14.5. The summed E-state index contributed by atoms with van der Waals surface area (Å²) >= 11 is 0. The SMILES string of the molecule is CC(C)(C)OC(=O)N1CCN(c2ccc(C=O)c(Oc3cnc4[nH]ccc4c3)c2)CC1. The van der Waals surface area contributed by atoms with Gasteiger partial charge in [0.1, 0.15) is 22.7 Å². The number of piperazine rings is 1. The summed E-state index contributed by atoms with van der Waals surface area (Å²) in [7, 11) is 0. The summed E-state index contributed by atoms with van der Waals surface area (Å²) in [4.78, 5) is 35.1. The molecule has 2 aromatic heterocycles. The van der Waals surface area contributed by atoms with E-state index in [-0.39, 0.29) is 6.09 Å². The number of anilines is 1. The number of ether oxygens (including phenoxy) is 2. The van der Waals surface area contributed by atoms with Gasteiger partial charge in [0.25, 0.3) is 0 Å². The Morgan fingerprint density at radius 1 is 1.13 bits per heavy atom. The number of aromatic amines is 1. The zero-order valence-electron chi connectivity index (χ0n) is 17.9. The van der Waals surface area contributed by atoms with E-state index in [0.29, 0.717) is 43.2 Å². The number of pyridine rings is 1. The average molecular weight is 422 g/mol. The van der Waals surface area contributed by atoms with Crippen LogP contribution in [0.3, 0.4) is 0 Å². The summed E-state index contributed by atoms with van der Waals surface area (Å²) < 4.78 is 11.5. The van der Waals surface area contributed by atoms with Crippen molar-refractivity contribution in [3.8, 4) is 11.5 Å². The molecule has 1 aliphatic heterocycles. The standard InChI is InChI=1S/C23H26N4O4/c1-23(2,3)31-22(29)27-10-8-26(9-11-27)18-5-4-17(15-28)20(13-18)30-19-12-16-6-7-24-21(16)25-14-19/h4-7,12-15H,8-11H2,1-3H3,(H,24,25). The Kier molecular flexibility index (Phi) is 5.54. The number of fused-ring (bicyclic) bond motifs is 1. The van der Waals surface area contributed by atoms with E-state index in [2.05, 4.69) is 14.9 Å². The molecule has 31 heavy (non-hydrogen) atoms. The minimum Gasteiger partial charge on any atom is -0.455 e. The van der Waals surface area contributed by atoms with Gasteiger partial charge in [-0.2, -0.15) is 0 Å². The molecule has 162 valence electrons. The van der Waals surface area contributed by atoms with Crippen LogP contribution in [0.4, 0.5) is 10.5 Å². The number of amides is 1. The van der Waals surface area contributed by atoms with Crippen LogP contribution in [0, 0.1) is 0 Å². The molecule has 1 fully saturated rings. The van der Waals surface area contributed by atoms with Crippen LogP contribution in [0.15, 0.2) is 42.7 Å². The van der Waals surface area contributed by atoms with Gasteiger partial charge in [0.15, 0.2) is 6.29 Å². The molecule has 0 bridgehead atoms. The van der Waals surface area contributed by atoms with Crippen LogP contribution >= 0.6 is 0 Å². The lowest BCUT2D eigenvalue weighted by Crippen LogP contribution is -2.50. The fraction of sp³-hybridized carbons (Fsp3) is 0.348. The van der Waals surface area contributed by atoms with Crippen molar-refractivity contribution >= 4 is 29.1 Å². The van der Waals surface area contributed by atoms with Crippen LogP contribution in [-0.4, -0.2) is 59.0 Å². The van der Waals surface area contributed by atoms with Gasteiger partial charge >= 0.3 is 6.09 Å². The predicted octanol–water partition coefficient (Wildman–Crippen LogP) is 4.22. The topological polar surface area (TPSA) is 87.8 Å². The highest BCUT2D eigenvalue weighted by Crippen LogP contribution is 2.30. The van der Waals surface area contributed by atoms with Crippen LogP contribution in [0.5, 0.6) is 11.5 Å². The number of aldehydes is 1. The van der Waals surface area contributed by atoms with Crippen molar-refractivity contribution in [3.05, 3.63) is 48.3 Å². The number of rotatable bonds is 4. The van der Waals surface area contributed by atoms with Crippen LogP contribution in [0.2, 0.25) is 0 Å². The quantitative estimate of drug-likeness (QED) is 0.633. The first-order chi connectivity index (χ1) is 14.8. The Labute approximate surface area is 180 Å². The largest absolute Gasteiger partial charge is 0.455 e. The molecular weight excluding hydrogens is 396 g/mol. The maximum atomic E-state index is 12.3. The first-order valence-corrected chi connectivity index (χ1v) is 10.3. The minimum atomic E-state index is -0.511. The summed E-state index contributed by atoms with van der Waals surface area (Å²) in [6.45, 7) is 8.04. The highest BCUT2D eigenvalue weighted by molar-refractivity contribution is 5.81. The van der Waals surface area contributed by atoms with Crippen molar-refractivity contribution in [3.63, 3.8) is 0 Å². The van der Waals surface area contributed by atoms with Gasteiger partial charge < -0.3 is 24.3 Å². The second-order valence-electron chi connectivity index (χ2n) is 8.48. The molecule has 0 saturated carbocycles. The molecule has 8 heteroatoms. The molecule has 0 atom stereocenters. The average Bonchev–Trinajstić information content (AvgIpc) is 3.20. The number of nitrogens with one attached hydrogen (secondary N) is 1. The summed E-state index contributed by atoms with van der Waals surface area (Å²) in [6.07, 6.45) is 3.93. The Morgan fingerprint density at radius 2 is 1.90 bits per heavy atom. The predicted molar refractivity (Wildman–Crippen MR) is 118 cm³/mol. The number of benzene rings is 1. The van der Waals surface area contributed by atoms with E-state index in [1.165, 1.54) is 0 Å². The van der Waals surface area contributed by atoms with E-state index in [1.54, 1.807) is 17.2 Å². The highest BCUT2D eigenvalue weighted by atomic mass is 16.6. The molecule has 1 N–H and O–H groups in total. The molecule has 3 aromatic rings. The Morgan fingerprint density at radius 3 is 2.61 bits per heavy atom. The minimum absolute atomic E-state index is 0.292. The lowest BCUT2D eigenvalue weighted by Gasteiger charge is -2.36. The van der Waals surface area contributed by atoms with Gasteiger partial charge in [-0.05, 0) is 45.0 Å². The van der Waals surface area contributed by atoms with Crippen molar-refractivity contribution in [2.45, 2.75) is 26.4 Å².